The van der Waals surface area contributed by atoms with Gasteiger partial charge in [-0.15, -0.1) is 0 Å². The smallest absolute Gasteiger partial charge is 0.308 e. The van der Waals surface area contributed by atoms with Crippen LogP contribution < -0.4 is 18.9 Å². The molecule has 0 aliphatic carbocycles. The molecule has 4 aromatic carbocycles. The molecule has 0 radical (unpaired) electrons. The van der Waals surface area contributed by atoms with Gasteiger partial charge in [0.2, 0.25) is 0 Å². The molecule has 0 saturated heterocycles. The summed E-state index contributed by atoms with van der Waals surface area (Å²) in [5.41, 5.74) is 3.89. The van der Waals surface area contributed by atoms with Crippen LogP contribution in [0.25, 0.3) is 12.2 Å². The largest absolute Gasteiger partial charge is 0.493 e. The van der Waals surface area contributed by atoms with Crippen LogP contribution in [0, 0.1) is 0 Å². The molecule has 0 bridgehead atoms. The Balaban J connectivity index is 1.53. The van der Waals surface area contributed by atoms with Gasteiger partial charge in [0.1, 0.15) is 24.7 Å². The van der Waals surface area contributed by atoms with Crippen molar-refractivity contribution in [3.63, 3.8) is 0 Å². The number of methoxy groups -OCH3 is 1. The molecule has 5 nitrogen and oxygen atoms in total. The number of ether oxygens (including phenoxy) is 4. The maximum atomic E-state index is 11.5. The van der Waals surface area contributed by atoms with E-state index in [1.807, 2.05) is 97.1 Å². The monoisotopic (exact) mass is 480 g/mol. The van der Waals surface area contributed by atoms with E-state index >= 15 is 0 Å². The van der Waals surface area contributed by atoms with Gasteiger partial charge in [-0.05, 0) is 46.5 Å². The minimum atomic E-state index is -0.388. The third-order valence-corrected chi connectivity index (χ3v) is 5.31. The first-order valence-electron chi connectivity index (χ1n) is 11.6. The van der Waals surface area contributed by atoms with Crippen molar-refractivity contribution in [2.24, 2.45) is 0 Å². The Kier molecular flexibility index (Phi) is 8.39. The second-order valence-corrected chi connectivity index (χ2v) is 8.12. The molecule has 0 fully saturated rings. The van der Waals surface area contributed by atoms with E-state index in [2.05, 4.69) is 0 Å². The van der Waals surface area contributed by atoms with Gasteiger partial charge in [-0.3, -0.25) is 4.79 Å². The first-order chi connectivity index (χ1) is 17.6. The van der Waals surface area contributed by atoms with Crippen molar-refractivity contribution in [1.29, 1.82) is 0 Å². The molecule has 36 heavy (non-hydrogen) atoms. The maximum Gasteiger partial charge on any atom is 0.308 e. The van der Waals surface area contributed by atoms with Crippen LogP contribution in [-0.2, 0) is 18.0 Å². The molecule has 0 saturated carbocycles. The highest BCUT2D eigenvalue weighted by Crippen LogP contribution is 2.30. The summed E-state index contributed by atoms with van der Waals surface area (Å²) < 4.78 is 22.8. The quantitative estimate of drug-likeness (QED) is 0.140. The number of carbonyl (C=O) groups is 1. The molecule has 0 aliphatic heterocycles. The van der Waals surface area contributed by atoms with E-state index in [1.54, 1.807) is 19.2 Å². The first kappa shape index (κ1) is 24.6. The van der Waals surface area contributed by atoms with Crippen molar-refractivity contribution < 1.29 is 23.7 Å². The minimum absolute atomic E-state index is 0.388. The molecule has 4 rings (SSSR count). The Labute approximate surface area is 211 Å². The van der Waals surface area contributed by atoms with Crippen LogP contribution in [0.3, 0.4) is 0 Å². The Hall–Kier alpha value is -4.51. The standard InChI is InChI=1S/C31H28O5/c1-23(32)36-29-18-27(17-28(20-29)34-21-25-9-5-3-6-10-25)14-13-24-15-16-30(33-2)31(19-24)35-22-26-11-7-4-8-12-26/h3-20H,21-22H2,1-2H3/b14-13+. The van der Waals surface area contributed by atoms with Gasteiger partial charge in [0.05, 0.1) is 7.11 Å². The van der Waals surface area contributed by atoms with Crippen LogP contribution in [0.4, 0.5) is 0 Å². The fourth-order valence-corrected chi connectivity index (χ4v) is 3.58. The van der Waals surface area contributed by atoms with Gasteiger partial charge in [-0.1, -0.05) is 78.9 Å². The summed E-state index contributed by atoms with van der Waals surface area (Å²) in [5.74, 6) is 1.97. The van der Waals surface area contributed by atoms with Crippen LogP contribution in [0.1, 0.15) is 29.2 Å². The summed E-state index contributed by atoms with van der Waals surface area (Å²) in [6.45, 7) is 2.23. The van der Waals surface area contributed by atoms with Crippen LogP contribution in [0.5, 0.6) is 23.0 Å². The Morgan fingerprint density at radius 1 is 0.667 bits per heavy atom. The highest BCUT2D eigenvalue weighted by Gasteiger charge is 2.07. The molecule has 0 N–H and O–H groups in total. The molecule has 5 heteroatoms. The van der Waals surface area contributed by atoms with Gasteiger partial charge < -0.3 is 18.9 Å². The van der Waals surface area contributed by atoms with E-state index in [-0.39, 0.29) is 5.97 Å². The van der Waals surface area contributed by atoms with Crippen molar-refractivity contribution in [3.05, 3.63) is 119 Å². The fourth-order valence-electron chi connectivity index (χ4n) is 3.58. The predicted molar refractivity (Wildman–Crippen MR) is 141 cm³/mol. The highest BCUT2D eigenvalue weighted by molar-refractivity contribution is 5.74. The summed E-state index contributed by atoms with van der Waals surface area (Å²) in [6, 6.07) is 31.0. The zero-order valence-electron chi connectivity index (χ0n) is 20.3. The van der Waals surface area contributed by atoms with Crippen molar-refractivity contribution >= 4 is 18.1 Å². The molecule has 0 spiro atoms. The van der Waals surface area contributed by atoms with Crippen molar-refractivity contribution in [2.45, 2.75) is 20.1 Å². The SMILES string of the molecule is COc1ccc(/C=C/c2cc(OCc3ccccc3)cc(OC(C)=O)c2)cc1OCc1ccccc1. The lowest BCUT2D eigenvalue weighted by molar-refractivity contribution is -0.131. The maximum absolute atomic E-state index is 11.5. The molecular weight excluding hydrogens is 452 g/mol. The van der Waals surface area contributed by atoms with Crippen LogP contribution >= 0.6 is 0 Å². The molecule has 0 atom stereocenters. The minimum Gasteiger partial charge on any atom is -0.493 e. The predicted octanol–water partition coefficient (Wildman–Crippen LogP) is 6.95. The number of rotatable bonds is 10. The molecular formula is C31H28O5. The first-order valence-corrected chi connectivity index (χ1v) is 11.6. The van der Waals surface area contributed by atoms with Crippen LogP contribution in [0.2, 0.25) is 0 Å². The molecule has 0 aromatic heterocycles. The summed E-state index contributed by atoms with van der Waals surface area (Å²) in [4.78, 5) is 11.5. The summed E-state index contributed by atoms with van der Waals surface area (Å²) >= 11 is 0. The Morgan fingerprint density at radius 3 is 1.92 bits per heavy atom. The zero-order chi connectivity index (χ0) is 25.2. The summed E-state index contributed by atoms with van der Waals surface area (Å²) in [5, 5.41) is 0. The van der Waals surface area contributed by atoms with Crippen LogP contribution in [0.15, 0.2) is 97.1 Å². The lowest BCUT2D eigenvalue weighted by Crippen LogP contribution is -2.02. The van der Waals surface area contributed by atoms with Gasteiger partial charge in [0.25, 0.3) is 0 Å². The second-order valence-electron chi connectivity index (χ2n) is 8.12. The Bertz CT molecular complexity index is 1310. The highest BCUT2D eigenvalue weighted by atomic mass is 16.5. The van der Waals surface area contributed by atoms with Crippen molar-refractivity contribution in [1.82, 2.24) is 0 Å². The van der Waals surface area contributed by atoms with E-state index in [0.717, 1.165) is 22.3 Å². The summed E-state index contributed by atoms with van der Waals surface area (Å²) in [6.07, 6.45) is 3.90. The topological polar surface area (TPSA) is 54.0 Å². The zero-order valence-corrected chi connectivity index (χ0v) is 20.3. The fraction of sp³-hybridized carbons (Fsp3) is 0.129. The van der Waals surface area contributed by atoms with E-state index in [0.29, 0.717) is 36.2 Å². The Morgan fingerprint density at radius 2 is 1.28 bits per heavy atom. The van der Waals surface area contributed by atoms with Crippen LogP contribution in [-0.4, -0.2) is 13.1 Å². The molecule has 4 aromatic rings. The van der Waals surface area contributed by atoms with E-state index in [4.69, 9.17) is 18.9 Å². The molecule has 182 valence electrons. The number of benzene rings is 4. The lowest BCUT2D eigenvalue weighted by atomic mass is 10.1. The second kappa shape index (κ2) is 12.3. The average Bonchev–Trinajstić information content (AvgIpc) is 2.90. The van der Waals surface area contributed by atoms with Gasteiger partial charge in [0, 0.05) is 13.0 Å². The summed E-state index contributed by atoms with van der Waals surface area (Å²) in [7, 11) is 1.62. The molecule has 0 unspecified atom stereocenters. The number of hydrogen-bond donors (Lipinski definition) is 0. The molecule has 0 amide bonds. The molecule has 0 aliphatic rings. The molecule has 0 heterocycles. The van der Waals surface area contributed by atoms with Crippen molar-refractivity contribution in [2.75, 3.05) is 7.11 Å². The van der Waals surface area contributed by atoms with Gasteiger partial charge in [-0.25, -0.2) is 0 Å². The number of hydrogen-bond acceptors (Lipinski definition) is 5. The van der Waals surface area contributed by atoms with Gasteiger partial charge in [0.15, 0.2) is 11.5 Å². The van der Waals surface area contributed by atoms with E-state index in [9.17, 15) is 4.79 Å². The van der Waals surface area contributed by atoms with Gasteiger partial charge >= 0.3 is 5.97 Å². The number of carbonyl (C=O) groups excluding carboxylic acids is 1. The average molecular weight is 481 g/mol. The van der Waals surface area contributed by atoms with E-state index < -0.39 is 0 Å². The third kappa shape index (κ3) is 7.24. The number of esters is 1. The van der Waals surface area contributed by atoms with E-state index in [1.165, 1.54) is 6.92 Å². The lowest BCUT2D eigenvalue weighted by Gasteiger charge is -2.12. The third-order valence-electron chi connectivity index (χ3n) is 5.31. The van der Waals surface area contributed by atoms with Gasteiger partial charge in [-0.2, -0.15) is 0 Å². The van der Waals surface area contributed by atoms with Crippen molar-refractivity contribution in [3.8, 4) is 23.0 Å². The normalized spacial score (nSPS) is 10.7.